The summed E-state index contributed by atoms with van der Waals surface area (Å²) >= 11 is 0. The van der Waals surface area contributed by atoms with Gasteiger partial charge in [-0.25, -0.2) is 14.4 Å². The maximum atomic E-state index is 13.8. The van der Waals surface area contributed by atoms with Gasteiger partial charge in [0.1, 0.15) is 18.1 Å². The van der Waals surface area contributed by atoms with Crippen LogP contribution in [0, 0.1) is 0 Å². The number of benzene rings is 1. The number of nitrogens with one attached hydrogen (secondary N) is 3. The second-order valence-corrected chi connectivity index (χ2v) is 19.2. The summed E-state index contributed by atoms with van der Waals surface area (Å²) in [6.45, 7) is 12.7. The number of hydrogen-bond acceptors (Lipinski definition) is 9. The molecule has 0 unspecified atom stereocenters. The predicted molar refractivity (Wildman–Crippen MR) is 279 cm³/mol. The fourth-order valence-corrected chi connectivity index (χ4v) is 8.32. The number of hydrogen-bond donors (Lipinski definition) is 3. The van der Waals surface area contributed by atoms with Crippen LogP contribution < -0.4 is 16.0 Å². The molecule has 0 fully saturated rings. The van der Waals surface area contributed by atoms with Crippen LogP contribution in [0.3, 0.4) is 0 Å². The van der Waals surface area contributed by atoms with Crippen LogP contribution in [0.4, 0.5) is 0 Å². The van der Waals surface area contributed by atoms with E-state index in [1.54, 1.807) is 20.8 Å². The number of carbonyl (C=O) groups is 6. The van der Waals surface area contributed by atoms with Crippen LogP contribution in [0.15, 0.2) is 18.2 Å². The van der Waals surface area contributed by atoms with Crippen molar-refractivity contribution in [2.24, 2.45) is 0 Å². The van der Waals surface area contributed by atoms with Gasteiger partial charge in [-0.3, -0.25) is 14.4 Å². The standard InChI is InChI=1S/C57H99N3O9/c1-7-13-16-19-22-25-28-31-34-37-40-67-55(64)49(10-4)58-52(61)46-43-47(53(62)59-50(11-5)56(65)68-41-38-35-32-29-26-23-20-17-14-8-2)45-48(44-46)54(63)60-51(12-6)57(66)69-42-39-36-33-30-27-24-21-18-15-9-3/h43-45,49-51H,7-42H2,1-6H3,(H,58,61)(H,59,62)(H,60,63)/t49-,50-,51-/m1/s1. The molecule has 0 spiro atoms. The molecule has 396 valence electrons. The monoisotopic (exact) mass is 970 g/mol. The van der Waals surface area contributed by atoms with Crippen LogP contribution in [0.5, 0.6) is 0 Å². The van der Waals surface area contributed by atoms with Gasteiger partial charge in [0, 0.05) is 16.7 Å². The Bertz CT molecular complexity index is 1350. The van der Waals surface area contributed by atoms with E-state index in [0.717, 1.165) is 77.0 Å². The number of esters is 3. The van der Waals surface area contributed by atoms with Gasteiger partial charge in [0.05, 0.1) is 19.8 Å². The zero-order valence-electron chi connectivity index (χ0n) is 44.6. The number of ether oxygens (including phenoxy) is 3. The second-order valence-electron chi connectivity index (χ2n) is 19.2. The molecular weight excluding hydrogens is 871 g/mol. The largest absolute Gasteiger partial charge is 0.464 e. The molecule has 3 amide bonds. The Kier molecular flexibility index (Phi) is 39.2. The fourth-order valence-electron chi connectivity index (χ4n) is 8.32. The van der Waals surface area contributed by atoms with Gasteiger partial charge in [-0.15, -0.1) is 0 Å². The van der Waals surface area contributed by atoms with Crippen molar-refractivity contribution in [1.82, 2.24) is 16.0 Å². The Morgan fingerprint density at radius 3 is 0.696 bits per heavy atom. The number of amides is 3. The van der Waals surface area contributed by atoms with E-state index in [9.17, 15) is 28.8 Å². The maximum absolute atomic E-state index is 13.8. The van der Waals surface area contributed by atoms with Crippen molar-refractivity contribution in [1.29, 1.82) is 0 Å². The van der Waals surface area contributed by atoms with Crippen molar-refractivity contribution < 1.29 is 43.0 Å². The lowest BCUT2D eigenvalue weighted by molar-refractivity contribution is -0.147. The summed E-state index contributed by atoms with van der Waals surface area (Å²) in [5.41, 5.74) is -0.161. The molecular formula is C57H99N3O9. The Labute approximate surface area is 419 Å². The topological polar surface area (TPSA) is 166 Å². The Morgan fingerprint density at radius 1 is 0.319 bits per heavy atom. The van der Waals surface area contributed by atoms with Crippen molar-refractivity contribution in [3.63, 3.8) is 0 Å². The third-order valence-corrected chi connectivity index (χ3v) is 12.9. The van der Waals surface area contributed by atoms with E-state index in [0.29, 0.717) is 0 Å². The third-order valence-electron chi connectivity index (χ3n) is 12.9. The van der Waals surface area contributed by atoms with E-state index in [1.165, 1.54) is 134 Å². The van der Waals surface area contributed by atoms with Gasteiger partial charge in [0.2, 0.25) is 0 Å². The van der Waals surface area contributed by atoms with E-state index in [1.807, 2.05) is 0 Å². The Morgan fingerprint density at radius 2 is 0.507 bits per heavy atom. The summed E-state index contributed by atoms with van der Waals surface area (Å²) in [5, 5.41) is 8.19. The van der Waals surface area contributed by atoms with Crippen molar-refractivity contribution in [3.05, 3.63) is 34.9 Å². The van der Waals surface area contributed by atoms with E-state index < -0.39 is 53.8 Å². The summed E-state index contributed by atoms with van der Waals surface area (Å²) in [4.78, 5) is 80.9. The summed E-state index contributed by atoms with van der Waals surface area (Å²) in [6, 6.07) is 1.09. The van der Waals surface area contributed by atoms with Crippen LogP contribution >= 0.6 is 0 Å². The summed E-state index contributed by atoms with van der Waals surface area (Å²) in [7, 11) is 0. The number of rotatable bonds is 45. The summed E-state index contributed by atoms with van der Waals surface area (Å²) in [5.74, 6) is -3.74. The van der Waals surface area contributed by atoms with Crippen molar-refractivity contribution in [2.45, 2.75) is 272 Å². The molecule has 0 saturated carbocycles. The average Bonchev–Trinajstić information content (AvgIpc) is 3.35. The molecule has 69 heavy (non-hydrogen) atoms. The van der Waals surface area contributed by atoms with Gasteiger partial charge in [-0.05, 0) is 56.7 Å². The molecule has 1 aromatic carbocycles. The number of carbonyl (C=O) groups excluding carboxylic acids is 6. The molecule has 0 bridgehead atoms. The lowest BCUT2D eigenvalue weighted by Crippen LogP contribution is -2.43. The molecule has 0 aliphatic heterocycles. The van der Waals surface area contributed by atoms with Gasteiger partial charge >= 0.3 is 17.9 Å². The Hall–Kier alpha value is -3.96. The second kappa shape index (κ2) is 42.9. The van der Waals surface area contributed by atoms with Gasteiger partial charge in [-0.1, -0.05) is 215 Å². The normalized spacial score (nSPS) is 12.4. The highest BCUT2D eigenvalue weighted by Crippen LogP contribution is 2.17. The van der Waals surface area contributed by atoms with Crippen molar-refractivity contribution in [2.75, 3.05) is 19.8 Å². The first-order valence-electron chi connectivity index (χ1n) is 28.1. The molecule has 0 aliphatic rings. The third kappa shape index (κ3) is 31.1. The van der Waals surface area contributed by atoms with Crippen LogP contribution in [-0.2, 0) is 28.6 Å². The quantitative estimate of drug-likeness (QED) is 0.0327. The SMILES string of the molecule is CCCCCCCCCCCCOC(=O)[C@@H](CC)NC(=O)c1cc(C(=O)N[C@H](CC)C(=O)OCCCCCCCCCCCC)cc(C(=O)N[C@H](CC)C(=O)OCCCCCCCCCCCC)c1. The van der Waals surface area contributed by atoms with Crippen LogP contribution in [0.1, 0.15) is 285 Å². The Balaban J connectivity index is 3.00. The van der Waals surface area contributed by atoms with E-state index in [4.69, 9.17) is 14.2 Å². The first-order chi connectivity index (χ1) is 33.6. The zero-order chi connectivity index (χ0) is 50.7. The average molecular weight is 970 g/mol. The molecule has 1 aromatic rings. The minimum absolute atomic E-state index is 0.0538. The lowest BCUT2D eigenvalue weighted by Gasteiger charge is -2.19. The highest BCUT2D eigenvalue weighted by Gasteiger charge is 2.27. The lowest BCUT2D eigenvalue weighted by atomic mass is 10.0. The molecule has 3 N–H and O–H groups in total. The summed E-state index contributed by atoms with van der Waals surface area (Å²) in [6.07, 6.45) is 35.4. The van der Waals surface area contributed by atoms with Crippen molar-refractivity contribution in [3.8, 4) is 0 Å². The van der Waals surface area contributed by atoms with E-state index in [2.05, 4.69) is 36.7 Å². The van der Waals surface area contributed by atoms with Crippen LogP contribution in [0.25, 0.3) is 0 Å². The molecule has 3 atom stereocenters. The predicted octanol–water partition coefficient (Wildman–Crippen LogP) is 13.6. The van der Waals surface area contributed by atoms with E-state index >= 15 is 0 Å². The highest BCUT2D eigenvalue weighted by molar-refractivity contribution is 6.06. The molecule has 0 aromatic heterocycles. The minimum atomic E-state index is -0.958. The summed E-state index contributed by atoms with van der Waals surface area (Å²) < 4.78 is 16.7. The molecule has 12 heteroatoms. The molecule has 0 heterocycles. The van der Waals surface area contributed by atoms with E-state index in [-0.39, 0.29) is 55.8 Å². The highest BCUT2D eigenvalue weighted by atomic mass is 16.5. The molecule has 0 radical (unpaired) electrons. The first-order valence-corrected chi connectivity index (χ1v) is 28.1. The smallest absolute Gasteiger partial charge is 0.328 e. The van der Waals surface area contributed by atoms with Crippen LogP contribution in [-0.4, -0.2) is 73.6 Å². The van der Waals surface area contributed by atoms with Gasteiger partial charge in [-0.2, -0.15) is 0 Å². The fraction of sp³-hybridized carbons (Fsp3) is 0.789. The minimum Gasteiger partial charge on any atom is -0.464 e. The van der Waals surface area contributed by atoms with Crippen LogP contribution in [0.2, 0.25) is 0 Å². The zero-order valence-corrected chi connectivity index (χ0v) is 44.6. The molecule has 0 saturated heterocycles. The number of unbranched alkanes of at least 4 members (excludes halogenated alkanes) is 27. The molecule has 0 aliphatic carbocycles. The maximum Gasteiger partial charge on any atom is 0.328 e. The van der Waals surface area contributed by atoms with Gasteiger partial charge in [0.15, 0.2) is 0 Å². The van der Waals surface area contributed by atoms with Gasteiger partial charge < -0.3 is 30.2 Å². The molecule has 1 rings (SSSR count). The van der Waals surface area contributed by atoms with Gasteiger partial charge in [0.25, 0.3) is 17.7 Å². The van der Waals surface area contributed by atoms with Crippen molar-refractivity contribution >= 4 is 35.6 Å². The first kappa shape index (κ1) is 63.1. The molecule has 12 nitrogen and oxygen atoms in total.